The number of carbonyl (C=O) groups excluding carboxylic acids is 2. The smallest absolute Gasteiger partial charge is 0.417 e. The molecule has 0 saturated heterocycles. The Morgan fingerprint density at radius 2 is 1.61 bits per heavy atom. The molecule has 0 spiro atoms. The van der Waals surface area contributed by atoms with Crippen LogP contribution >= 0.6 is 11.6 Å². The van der Waals surface area contributed by atoms with Crippen molar-refractivity contribution in [3.05, 3.63) is 88.9 Å². The van der Waals surface area contributed by atoms with E-state index in [9.17, 15) is 31.2 Å². The lowest BCUT2D eigenvalue weighted by Crippen LogP contribution is -2.53. The van der Waals surface area contributed by atoms with Gasteiger partial charge >= 0.3 is 6.18 Å². The molecule has 1 N–H and O–H groups in total. The lowest BCUT2D eigenvalue weighted by Gasteiger charge is -2.34. The molecule has 44 heavy (non-hydrogen) atoms. The van der Waals surface area contributed by atoms with E-state index in [0.717, 1.165) is 12.1 Å². The number of benzene rings is 3. The highest BCUT2D eigenvalue weighted by atomic mass is 35.5. The Bertz CT molecular complexity index is 1540. The van der Waals surface area contributed by atoms with E-state index < -0.39 is 56.9 Å². The second kappa shape index (κ2) is 14.8. The van der Waals surface area contributed by atoms with Gasteiger partial charge in [0.1, 0.15) is 18.3 Å². The molecule has 0 fully saturated rings. The van der Waals surface area contributed by atoms with Crippen molar-refractivity contribution in [2.75, 3.05) is 18.0 Å². The predicted octanol–water partition coefficient (Wildman–Crippen LogP) is 6.28. The van der Waals surface area contributed by atoms with Gasteiger partial charge in [-0.25, -0.2) is 8.42 Å². The molecule has 8 nitrogen and oxygen atoms in total. The minimum absolute atomic E-state index is 0.0805. The molecule has 0 saturated carbocycles. The Balaban J connectivity index is 2.13. The second-order valence-electron chi connectivity index (χ2n) is 10.1. The van der Waals surface area contributed by atoms with E-state index in [4.69, 9.17) is 16.3 Å². The molecule has 3 aromatic carbocycles. The second-order valence-corrected chi connectivity index (χ2v) is 12.4. The fraction of sp³-hybridized carbons (Fsp3) is 0.355. The maximum absolute atomic E-state index is 14.1. The third-order valence-electron chi connectivity index (χ3n) is 7.05. The van der Waals surface area contributed by atoms with Crippen molar-refractivity contribution >= 4 is 39.1 Å². The van der Waals surface area contributed by atoms with Crippen LogP contribution < -0.4 is 14.4 Å². The number of nitrogens with zero attached hydrogens (tertiary/aromatic N) is 2. The number of halogens is 4. The quantitative estimate of drug-likeness (QED) is 0.234. The number of methoxy groups -OCH3 is 1. The van der Waals surface area contributed by atoms with Gasteiger partial charge in [-0.3, -0.25) is 13.9 Å². The molecule has 2 atom stereocenters. The summed E-state index contributed by atoms with van der Waals surface area (Å²) in [6.07, 6.45) is -4.06. The Hall–Kier alpha value is -3.77. The number of hydrogen-bond acceptors (Lipinski definition) is 5. The number of rotatable bonds is 13. The van der Waals surface area contributed by atoms with E-state index in [1.807, 2.05) is 13.8 Å². The van der Waals surface area contributed by atoms with Crippen LogP contribution in [0.2, 0.25) is 5.02 Å². The van der Waals surface area contributed by atoms with Crippen LogP contribution in [0.4, 0.5) is 18.9 Å². The average Bonchev–Trinajstić information content (AvgIpc) is 3.00. The predicted molar refractivity (Wildman–Crippen MR) is 163 cm³/mol. The van der Waals surface area contributed by atoms with Crippen LogP contribution in [0.15, 0.2) is 77.7 Å². The summed E-state index contributed by atoms with van der Waals surface area (Å²) in [4.78, 5) is 28.5. The van der Waals surface area contributed by atoms with Gasteiger partial charge in [-0.15, -0.1) is 0 Å². The van der Waals surface area contributed by atoms with Gasteiger partial charge in [-0.1, -0.05) is 55.8 Å². The standard InChI is InChI=1S/C31H35ClF3N3O5S/c1-5-21(3)36-30(40)28(6-2)37(19-22-12-15-24(43-4)16-13-22)29(39)20-38(44(41,42)25-10-8-7-9-11-25)23-14-17-27(32)26(18-23)31(33,34)35/h7-18,21,28H,5-6,19-20H2,1-4H3,(H,36,40)/t21-,28+/m0/s1. The van der Waals surface area contributed by atoms with Crippen LogP contribution in [-0.4, -0.2) is 50.9 Å². The van der Waals surface area contributed by atoms with Crippen molar-refractivity contribution in [2.45, 2.75) is 63.3 Å². The number of carbonyl (C=O) groups is 2. The van der Waals surface area contributed by atoms with Gasteiger partial charge in [0.2, 0.25) is 11.8 Å². The lowest BCUT2D eigenvalue weighted by atomic mass is 10.1. The van der Waals surface area contributed by atoms with Crippen molar-refractivity contribution in [3.8, 4) is 5.75 Å². The van der Waals surface area contributed by atoms with Gasteiger partial charge in [0.15, 0.2) is 0 Å². The van der Waals surface area contributed by atoms with Crippen LogP contribution in [0, 0.1) is 0 Å². The average molecular weight is 654 g/mol. The first-order chi connectivity index (χ1) is 20.7. The van der Waals surface area contributed by atoms with E-state index in [-0.39, 0.29) is 23.9 Å². The molecule has 0 aliphatic heterocycles. The van der Waals surface area contributed by atoms with Crippen molar-refractivity contribution < 1.29 is 35.9 Å². The molecule has 0 aliphatic carbocycles. The highest BCUT2D eigenvalue weighted by molar-refractivity contribution is 7.92. The summed E-state index contributed by atoms with van der Waals surface area (Å²) in [5.41, 5.74) is -1.05. The number of alkyl halides is 3. The van der Waals surface area contributed by atoms with Crippen LogP contribution in [0.5, 0.6) is 5.75 Å². The Labute approximate surface area is 260 Å². The molecule has 0 heterocycles. The third-order valence-corrected chi connectivity index (χ3v) is 9.17. The summed E-state index contributed by atoms with van der Waals surface area (Å²) in [6.45, 7) is 4.44. The van der Waals surface area contributed by atoms with Crippen LogP contribution in [0.1, 0.15) is 44.7 Å². The third kappa shape index (κ3) is 8.44. The monoisotopic (exact) mass is 653 g/mol. The fourth-order valence-corrected chi connectivity index (χ4v) is 6.07. The summed E-state index contributed by atoms with van der Waals surface area (Å²) in [6, 6.07) is 15.2. The van der Waals surface area contributed by atoms with Crippen molar-refractivity contribution in [2.24, 2.45) is 0 Å². The normalized spacial score (nSPS) is 13.1. The zero-order valence-electron chi connectivity index (χ0n) is 24.8. The van der Waals surface area contributed by atoms with E-state index >= 15 is 0 Å². The SMILES string of the molecule is CC[C@H](C(=O)N[C@@H](C)CC)N(Cc1ccc(OC)cc1)C(=O)CN(c1ccc(Cl)c(C(F)(F)F)c1)S(=O)(=O)c1ccccc1. The topological polar surface area (TPSA) is 96.0 Å². The van der Waals surface area contributed by atoms with Crippen LogP contribution in [-0.2, 0) is 32.3 Å². The minimum atomic E-state index is -4.89. The summed E-state index contributed by atoms with van der Waals surface area (Å²) in [5, 5.41) is 2.24. The van der Waals surface area contributed by atoms with E-state index in [0.29, 0.717) is 28.1 Å². The Morgan fingerprint density at radius 3 is 2.16 bits per heavy atom. The number of sulfonamides is 1. The summed E-state index contributed by atoms with van der Waals surface area (Å²) >= 11 is 5.82. The summed E-state index contributed by atoms with van der Waals surface area (Å²) in [7, 11) is -3.06. The van der Waals surface area contributed by atoms with Gasteiger partial charge in [-0.05, 0) is 67.8 Å². The molecule has 238 valence electrons. The fourth-order valence-electron chi connectivity index (χ4n) is 4.42. The summed E-state index contributed by atoms with van der Waals surface area (Å²) in [5.74, 6) is -0.668. The Kier molecular flexibility index (Phi) is 11.7. The molecule has 13 heteroatoms. The van der Waals surface area contributed by atoms with Gasteiger partial charge in [0, 0.05) is 12.6 Å². The van der Waals surface area contributed by atoms with Crippen molar-refractivity contribution in [3.63, 3.8) is 0 Å². The van der Waals surface area contributed by atoms with Gasteiger partial charge in [0.05, 0.1) is 28.3 Å². The van der Waals surface area contributed by atoms with E-state index in [1.165, 1.54) is 36.3 Å². The first-order valence-electron chi connectivity index (χ1n) is 13.9. The van der Waals surface area contributed by atoms with Gasteiger partial charge in [-0.2, -0.15) is 13.2 Å². The molecule has 0 aromatic heterocycles. The molecular formula is C31H35ClF3N3O5S. The van der Waals surface area contributed by atoms with E-state index in [1.54, 1.807) is 37.3 Å². The number of amides is 2. The first-order valence-corrected chi connectivity index (χ1v) is 15.7. The lowest BCUT2D eigenvalue weighted by molar-refractivity contribution is -0.140. The largest absolute Gasteiger partial charge is 0.497 e. The number of nitrogens with one attached hydrogen (secondary N) is 1. The Morgan fingerprint density at radius 1 is 0.977 bits per heavy atom. The number of hydrogen-bond donors (Lipinski definition) is 1. The van der Waals surface area contributed by atoms with Crippen molar-refractivity contribution in [1.29, 1.82) is 0 Å². The van der Waals surface area contributed by atoms with E-state index in [2.05, 4.69) is 5.32 Å². The molecule has 2 amide bonds. The first kappa shape index (κ1) is 34.7. The zero-order valence-corrected chi connectivity index (χ0v) is 26.3. The van der Waals surface area contributed by atoms with Crippen molar-refractivity contribution in [1.82, 2.24) is 10.2 Å². The number of anilines is 1. The number of ether oxygens (including phenoxy) is 1. The minimum Gasteiger partial charge on any atom is -0.497 e. The molecule has 3 aromatic rings. The maximum Gasteiger partial charge on any atom is 0.417 e. The maximum atomic E-state index is 14.1. The zero-order chi connectivity index (χ0) is 32.7. The van der Waals surface area contributed by atoms with Crippen LogP contribution in [0.25, 0.3) is 0 Å². The summed E-state index contributed by atoms with van der Waals surface area (Å²) < 4.78 is 74.9. The molecule has 0 aliphatic rings. The molecule has 0 unspecified atom stereocenters. The van der Waals surface area contributed by atoms with Crippen LogP contribution in [0.3, 0.4) is 0 Å². The van der Waals surface area contributed by atoms with Gasteiger partial charge in [0.25, 0.3) is 10.0 Å². The molecule has 0 radical (unpaired) electrons. The molecule has 3 rings (SSSR count). The molecular weight excluding hydrogens is 619 g/mol. The molecule has 0 bridgehead atoms. The van der Waals surface area contributed by atoms with Gasteiger partial charge < -0.3 is 15.0 Å². The highest BCUT2D eigenvalue weighted by Gasteiger charge is 2.37. The highest BCUT2D eigenvalue weighted by Crippen LogP contribution is 2.38.